The van der Waals surface area contributed by atoms with E-state index in [0.29, 0.717) is 6.04 Å². The van der Waals surface area contributed by atoms with Crippen LogP contribution in [0.3, 0.4) is 0 Å². The fourth-order valence-electron chi connectivity index (χ4n) is 2.66. The molecule has 3 heterocycles. The third-order valence-corrected chi connectivity index (χ3v) is 3.50. The molecule has 1 N–H and O–H groups in total. The minimum atomic E-state index is 0.515. The van der Waals surface area contributed by atoms with E-state index in [1.54, 1.807) is 6.33 Å². The monoisotopic (exact) mass is 204 g/mol. The highest BCUT2D eigenvalue weighted by Crippen LogP contribution is 2.32. The molecule has 1 unspecified atom stereocenters. The predicted octanol–water partition coefficient (Wildman–Crippen LogP) is 0.847. The molecule has 1 aromatic heterocycles. The molecule has 1 atom stereocenters. The molecule has 80 valence electrons. The zero-order valence-corrected chi connectivity index (χ0v) is 9.03. The lowest BCUT2D eigenvalue weighted by Crippen LogP contribution is -2.20. The number of hydrogen-bond acceptors (Lipinski definition) is 4. The average Bonchev–Trinajstić information content (AvgIpc) is 2.85. The molecule has 2 aliphatic heterocycles. The number of rotatable bonds is 1. The van der Waals surface area contributed by atoms with Gasteiger partial charge in [-0.1, -0.05) is 0 Å². The van der Waals surface area contributed by atoms with E-state index in [9.17, 15) is 0 Å². The minimum absolute atomic E-state index is 0.515. The number of nitrogens with zero attached hydrogens (tertiary/aromatic N) is 3. The Hall–Kier alpha value is -1.00. The van der Waals surface area contributed by atoms with Gasteiger partial charge in [0.2, 0.25) is 0 Å². The quantitative estimate of drug-likeness (QED) is 0.736. The maximum atomic E-state index is 4.49. The first-order valence-electron chi connectivity index (χ1n) is 5.60. The van der Waals surface area contributed by atoms with E-state index in [0.717, 1.165) is 13.1 Å². The predicted molar refractivity (Wildman–Crippen MR) is 57.2 cm³/mol. The summed E-state index contributed by atoms with van der Waals surface area (Å²) in [7, 11) is 2.19. The first kappa shape index (κ1) is 9.24. The van der Waals surface area contributed by atoms with Crippen molar-refractivity contribution in [1.82, 2.24) is 20.2 Å². The summed E-state index contributed by atoms with van der Waals surface area (Å²) in [6.45, 7) is 3.04. The van der Waals surface area contributed by atoms with Crippen LogP contribution in [0.2, 0.25) is 0 Å². The topological polar surface area (TPSA) is 41.1 Å². The van der Waals surface area contributed by atoms with Crippen molar-refractivity contribution >= 4 is 0 Å². The van der Waals surface area contributed by atoms with Gasteiger partial charge in [-0.3, -0.25) is 4.90 Å². The lowest BCUT2D eigenvalue weighted by molar-refractivity contribution is 0.310. The van der Waals surface area contributed by atoms with E-state index >= 15 is 0 Å². The molecule has 3 rings (SSSR count). The number of fused-ring (bicyclic) bond motifs is 1. The smallest absolute Gasteiger partial charge is 0.116 e. The summed E-state index contributed by atoms with van der Waals surface area (Å²) >= 11 is 0. The fourth-order valence-corrected chi connectivity index (χ4v) is 2.66. The Bertz CT molecular complexity index is 377. The molecule has 0 bridgehead atoms. The van der Waals surface area contributed by atoms with Gasteiger partial charge in [0.1, 0.15) is 6.33 Å². The van der Waals surface area contributed by atoms with Crippen molar-refractivity contribution in [2.75, 3.05) is 13.6 Å². The van der Waals surface area contributed by atoms with Gasteiger partial charge >= 0.3 is 0 Å². The second-order valence-electron chi connectivity index (χ2n) is 4.43. The molecule has 4 heteroatoms. The van der Waals surface area contributed by atoms with Gasteiger partial charge < -0.3 is 5.32 Å². The summed E-state index contributed by atoms with van der Waals surface area (Å²) in [5, 5.41) is 3.35. The van der Waals surface area contributed by atoms with Gasteiger partial charge in [-0.25, -0.2) is 9.97 Å². The number of likely N-dealkylation sites (tertiary alicyclic amines) is 1. The molecule has 0 spiro atoms. The van der Waals surface area contributed by atoms with Gasteiger partial charge in [0.15, 0.2) is 0 Å². The summed E-state index contributed by atoms with van der Waals surface area (Å²) in [5.41, 5.74) is 3.79. The Morgan fingerprint density at radius 2 is 2.33 bits per heavy atom. The molecule has 15 heavy (non-hydrogen) atoms. The summed E-state index contributed by atoms with van der Waals surface area (Å²) in [6, 6.07) is 0.515. The van der Waals surface area contributed by atoms with Crippen LogP contribution in [0.25, 0.3) is 0 Å². The van der Waals surface area contributed by atoms with Crippen LogP contribution >= 0.6 is 0 Å². The number of nitrogens with one attached hydrogen (secondary N) is 1. The normalized spacial score (nSPS) is 25.8. The molecule has 2 aliphatic rings. The van der Waals surface area contributed by atoms with Crippen LogP contribution in [0.15, 0.2) is 6.33 Å². The van der Waals surface area contributed by atoms with E-state index in [4.69, 9.17) is 0 Å². The summed E-state index contributed by atoms with van der Waals surface area (Å²) in [6.07, 6.45) is 4.24. The maximum Gasteiger partial charge on any atom is 0.116 e. The molecule has 1 fully saturated rings. The summed E-state index contributed by atoms with van der Waals surface area (Å²) in [4.78, 5) is 11.2. The molecule has 1 saturated heterocycles. The molecule has 0 saturated carbocycles. The summed E-state index contributed by atoms with van der Waals surface area (Å²) < 4.78 is 0. The van der Waals surface area contributed by atoms with Gasteiger partial charge in [0.05, 0.1) is 17.4 Å². The first-order chi connectivity index (χ1) is 7.36. The first-order valence-corrected chi connectivity index (χ1v) is 5.60. The Labute approximate surface area is 89.7 Å². The molecule has 0 aliphatic carbocycles. The third-order valence-electron chi connectivity index (χ3n) is 3.50. The standard InChI is InChI=1S/C11H16N4/c1-15-4-2-3-10(15)11-8-5-12-6-9(8)13-7-14-11/h7,10,12H,2-6H2,1H3. The molecule has 0 radical (unpaired) electrons. The highest BCUT2D eigenvalue weighted by Gasteiger charge is 2.28. The van der Waals surface area contributed by atoms with E-state index in [1.165, 1.54) is 36.3 Å². The zero-order valence-electron chi connectivity index (χ0n) is 9.03. The van der Waals surface area contributed by atoms with Crippen molar-refractivity contribution in [2.24, 2.45) is 0 Å². The van der Waals surface area contributed by atoms with Crippen molar-refractivity contribution in [3.63, 3.8) is 0 Å². The van der Waals surface area contributed by atoms with Crippen molar-refractivity contribution in [3.8, 4) is 0 Å². The van der Waals surface area contributed by atoms with Crippen LogP contribution in [0, 0.1) is 0 Å². The lowest BCUT2D eigenvalue weighted by Gasteiger charge is -2.20. The summed E-state index contributed by atoms with van der Waals surface area (Å²) in [5.74, 6) is 0. The molecular weight excluding hydrogens is 188 g/mol. The molecular formula is C11H16N4. The van der Waals surface area contributed by atoms with Crippen LogP contribution in [0.5, 0.6) is 0 Å². The fraction of sp³-hybridized carbons (Fsp3) is 0.636. The lowest BCUT2D eigenvalue weighted by atomic mass is 10.1. The molecule has 0 amide bonds. The van der Waals surface area contributed by atoms with Gasteiger partial charge in [0, 0.05) is 18.7 Å². The van der Waals surface area contributed by atoms with E-state index < -0.39 is 0 Å². The molecule has 1 aromatic rings. The third kappa shape index (κ3) is 1.44. The van der Waals surface area contributed by atoms with Crippen LogP contribution in [-0.4, -0.2) is 28.5 Å². The average molecular weight is 204 g/mol. The van der Waals surface area contributed by atoms with Crippen LogP contribution in [-0.2, 0) is 13.1 Å². The highest BCUT2D eigenvalue weighted by atomic mass is 15.2. The van der Waals surface area contributed by atoms with E-state index in [2.05, 4.69) is 27.2 Å². The van der Waals surface area contributed by atoms with Crippen LogP contribution < -0.4 is 5.32 Å². The maximum absolute atomic E-state index is 4.49. The van der Waals surface area contributed by atoms with Gasteiger partial charge in [-0.05, 0) is 26.4 Å². The molecule has 0 aromatic carbocycles. The largest absolute Gasteiger partial charge is 0.307 e. The van der Waals surface area contributed by atoms with Crippen molar-refractivity contribution < 1.29 is 0 Å². The Morgan fingerprint density at radius 3 is 3.13 bits per heavy atom. The zero-order chi connectivity index (χ0) is 10.3. The van der Waals surface area contributed by atoms with Gasteiger partial charge in [-0.2, -0.15) is 0 Å². The number of hydrogen-bond donors (Lipinski definition) is 1. The van der Waals surface area contributed by atoms with Crippen molar-refractivity contribution in [1.29, 1.82) is 0 Å². The van der Waals surface area contributed by atoms with E-state index in [1.807, 2.05) is 0 Å². The number of aromatic nitrogens is 2. The Morgan fingerprint density at radius 1 is 1.40 bits per heavy atom. The van der Waals surface area contributed by atoms with Crippen molar-refractivity contribution in [3.05, 3.63) is 23.3 Å². The van der Waals surface area contributed by atoms with Crippen LogP contribution in [0.4, 0.5) is 0 Å². The van der Waals surface area contributed by atoms with Crippen molar-refractivity contribution in [2.45, 2.75) is 32.0 Å². The second-order valence-corrected chi connectivity index (χ2v) is 4.43. The van der Waals surface area contributed by atoms with E-state index in [-0.39, 0.29) is 0 Å². The SMILES string of the molecule is CN1CCCC1c1ncnc2c1CNC2. The second kappa shape index (κ2) is 3.54. The molecule has 4 nitrogen and oxygen atoms in total. The van der Waals surface area contributed by atoms with Gasteiger partial charge in [-0.15, -0.1) is 0 Å². The minimum Gasteiger partial charge on any atom is -0.307 e. The van der Waals surface area contributed by atoms with Crippen LogP contribution in [0.1, 0.15) is 35.8 Å². The Kier molecular flexibility index (Phi) is 2.18. The highest BCUT2D eigenvalue weighted by molar-refractivity contribution is 5.30. The Balaban J connectivity index is 2.01. The van der Waals surface area contributed by atoms with Gasteiger partial charge in [0.25, 0.3) is 0 Å².